The third-order valence-electron chi connectivity index (χ3n) is 5.66. The Bertz CT molecular complexity index is 476. The highest BCUT2D eigenvalue weighted by Crippen LogP contribution is 2.37. The fraction of sp³-hybridized carbons (Fsp3) is 0.667. The van der Waals surface area contributed by atoms with Crippen LogP contribution in [0.1, 0.15) is 49.7 Å². The van der Waals surface area contributed by atoms with Gasteiger partial charge in [0.15, 0.2) is 0 Å². The lowest BCUT2D eigenvalue weighted by Gasteiger charge is -2.30. The maximum atomic E-state index is 3.60. The molecule has 2 nitrogen and oxygen atoms in total. The van der Waals surface area contributed by atoms with E-state index in [4.69, 9.17) is 0 Å². The van der Waals surface area contributed by atoms with Crippen LogP contribution >= 0.6 is 0 Å². The van der Waals surface area contributed by atoms with Crippen LogP contribution < -0.4 is 5.32 Å². The summed E-state index contributed by atoms with van der Waals surface area (Å²) in [6.45, 7) is 3.60. The molecule has 1 aromatic rings. The van der Waals surface area contributed by atoms with E-state index in [1.165, 1.54) is 68.3 Å². The Morgan fingerprint density at radius 1 is 1.10 bits per heavy atom. The minimum Gasteiger partial charge on any atom is -0.384 e. The summed E-state index contributed by atoms with van der Waals surface area (Å²) in [6.07, 6.45) is 9.94. The van der Waals surface area contributed by atoms with Gasteiger partial charge in [0.25, 0.3) is 0 Å². The second-order valence-corrected chi connectivity index (χ2v) is 6.85. The highest BCUT2D eigenvalue weighted by Gasteiger charge is 2.33. The van der Waals surface area contributed by atoms with Crippen LogP contribution in [0.2, 0.25) is 0 Å². The molecule has 20 heavy (non-hydrogen) atoms. The van der Waals surface area contributed by atoms with Gasteiger partial charge in [-0.05, 0) is 55.7 Å². The van der Waals surface area contributed by atoms with Crippen LogP contribution in [-0.4, -0.2) is 24.0 Å². The SMILES string of the molecule is c1cc2c(c(CN3CCCC3C3CCCC3)c1)NCC2. The largest absolute Gasteiger partial charge is 0.384 e. The monoisotopic (exact) mass is 270 g/mol. The summed E-state index contributed by atoms with van der Waals surface area (Å²) in [5.74, 6) is 0.988. The number of anilines is 1. The van der Waals surface area contributed by atoms with Crippen molar-refractivity contribution in [3.05, 3.63) is 29.3 Å². The van der Waals surface area contributed by atoms with Gasteiger partial charge < -0.3 is 5.32 Å². The van der Waals surface area contributed by atoms with E-state index in [1.807, 2.05) is 0 Å². The van der Waals surface area contributed by atoms with Gasteiger partial charge in [0, 0.05) is 24.8 Å². The van der Waals surface area contributed by atoms with E-state index in [-0.39, 0.29) is 0 Å². The van der Waals surface area contributed by atoms with Gasteiger partial charge in [-0.3, -0.25) is 4.90 Å². The second kappa shape index (κ2) is 5.40. The van der Waals surface area contributed by atoms with Crippen molar-refractivity contribution in [2.45, 2.75) is 57.5 Å². The summed E-state index contributed by atoms with van der Waals surface area (Å²) < 4.78 is 0. The van der Waals surface area contributed by atoms with Crippen molar-refractivity contribution in [3.63, 3.8) is 0 Å². The third-order valence-corrected chi connectivity index (χ3v) is 5.66. The van der Waals surface area contributed by atoms with E-state index in [1.54, 1.807) is 0 Å². The van der Waals surface area contributed by atoms with Crippen molar-refractivity contribution >= 4 is 5.69 Å². The van der Waals surface area contributed by atoms with Crippen molar-refractivity contribution in [1.29, 1.82) is 0 Å². The number of rotatable bonds is 3. The van der Waals surface area contributed by atoms with E-state index in [0.29, 0.717) is 0 Å². The van der Waals surface area contributed by atoms with Gasteiger partial charge >= 0.3 is 0 Å². The fourth-order valence-corrected chi connectivity index (χ4v) is 4.69. The number of benzene rings is 1. The Labute approximate surface area is 122 Å². The smallest absolute Gasteiger partial charge is 0.0419 e. The van der Waals surface area contributed by atoms with Gasteiger partial charge in [0.2, 0.25) is 0 Å². The number of hydrogen-bond donors (Lipinski definition) is 1. The average molecular weight is 270 g/mol. The van der Waals surface area contributed by atoms with Crippen molar-refractivity contribution < 1.29 is 0 Å². The third kappa shape index (κ3) is 2.24. The molecule has 1 aliphatic carbocycles. The molecule has 1 saturated heterocycles. The quantitative estimate of drug-likeness (QED) is 0.898. The molecule has 1 N–H and O–H groups in total. The highest BCUT2D eigenvalue weighted by molar-refractivity contribution is 5.61. The van der Waals surface area contributed by atoms with Gasteiger partial charge in [0.1, 0.15) is 0 Å². The first-order chi connectivity index (χ1) is 9.92. The first kappa shape index (κ1) is 12.7. The molecule has 1 atom stereocenters. The predicted octanol–water partition coefficient (Wildman–Crippen LogP) is 3.81. The van der Waals surface area contributed by atoms with Gasteiger partial charge in [-0.15, -0.1) is 0 Å². The van der Waals surface area contributed by atoms with Gasteiger partial charge in [-0.1, -0.05) is 31.0 Å². The lowest BCUT2D eigenvalue weighted by atomic mass is 9.95. The molecule has 108 valence electrons. The molecule has 0 amide bonds. The zero-order valence-corrected chi connectivity index (χ0v) is 12.4. The minimum atomic E-state index is 0.870. The summed E-state index contributed by atoms with van der Waals surface area (Å²) >= 11 is 0. The summed E-state index contributed by atoms with van der Waals surface area (Å²) in [7, 11) is 0. The number of nitrogens with zero attached hydrogens (tertiary/aromatic N) is 1. The van der Waals surface area contributed by atoms with Crippen LogP contribution in [0.3, 0.4) is 0 Å². The maximum Gasteiger partial charge on any atom is 0.0419 e. The van der Waals surface area contributed by atoms with E-state index in [2.05, 4.69) is 28.4 Å². The summed E-state index contributed by atoms with van der Waals surface area (Å²) in [5.41, 5.74) is 4.51. The van der Waals surface area contributed by atoms with Crippen LogP contribution in [-0.2, 0) is 13.0 Å². The lowest BCUT2D eigenvalue weighted by Crippen LogP contribution is -2.34. The molecule has 2 fully saturated rings. The van der Waals surface area contributed by atoms with Gasteiger partial charge in [-0.2, -0.15) is 0 Å². The van der Waals surface area contributed by atoms with Crippen molar-refractivity contribution in [3.8, 4) is 0 Å². The molecule has 2 heteroatoms. The molecule has 4 rings (SSSR count). The number of likely N-dealkylation sites (tertiary alicyclic amines) is 1. The Kier molecular flexibility index (Phi) is 3.43. The molecular formula is C18H26N2. The number of para-hydroxylation sites is 1. The van der Waals surface area contributed by atoms with Crippen LogP contribution in [0.25, 0.3) is 0 Å². The van der Waals surface area contributed by atoms with E-state index in [0.717, 1.165) is 25.0 Å². The van der Waals surface area contributed by atoms with Crippen LogP contribution in [0.4, 0.5) is 5.69 Å². The topological polar surface area (TPSA) is 15.3 Å². The lowest BCUT2D eigenvalue weighted by molar-refractivity contribution is 0.183. The molecule has 1 aromatic carbocycles. The van der Waals surface area contributed by atoms with E-state index in [9.17, 15) is 0 Å². The predicted molar refractivity (Wildman–Crippen MR) is 84.0 cm³/mol. The highest BCUT2D eigenvalue weighted by atomic mass is 15.2. The Morgan fingerprint density at radius 2 is 2.00 bits per heavy atom. The molecule has 0 bridgehead atoms. The average Bonchev–Trinajstić information content (AvgIpc) is 3.20. The molecule has 2 heterocycles. The molecule has 0 spiro atoms. The van der Waals surface area contributed by atoms with Crippen LogP contribution in [0, 0.1) is 5.92 Å². The summed E-state index contributed by atoms with van der Waals surface area (Å²) in [4.78, 5) is 2.78. The van der Waals surface area contributed by atoms with Crippen LogP contribution in [0.5, 0.6) is 0 Å². The molecule has 3 aliphatic rings. The number of fused-ring (bicyclic) bond motifs is 1. The zero-order valence-electron chi connectivity index (χ0n) is 12.4. The van der Waals surface area contributed by atoms with Crippen LogP contribution in [0.15, 0.2) is 18.2 Å². The van der Waals surface area contributed by atoms with E-state index < -0.39 is 0 Å². The van der Waals surface area contributed by atoms with Crippen molar-refractivity contribution in [1.82, 2.24) is 4.90 Å². The maximum absolute atomic E-state index is 3.60. The molecule has 2 aliphatic heterocycles. The molecule has 0 radical (unpaired) electrons. The molecular weight excluding hydrogens is 244 g/mol. The fourth-order valence-electron chi connectivity index (χ4n) is 4.69. The summed E-state index contributed by atoms with van der Waals surface area (Å²) in [5, 5.41) is 3.60. The van der Waals surface area contributed by atoms with Gasteiger partial charge in [0.05, 0.1) is 0 Å². The zero-order chi connectivity index (χ0) is 13.4. The molecule has 0 aromatic heterocycles. The molecule has 1 unspecified atom stereocenters. The van der Waals surface area contributed by atoms with Crippen molar-refractivity contribution in [2.24, 2.45) is 5.92 Å². The normalized spacial score (nSPS) is 26.9. The number of nitrogens with one attached hydrogen (secondary N) is 1. The van der Waals surface area contributed by atoms with Crippen molar-refractivity contribution in [2.75, 3.05) is 18.4 Å². The first-order valence-electron chi connectivity index (χ1n) is 8.50. The second-order valence-electron chi connectivity index (χ2n) is 6.85. The Balaban J connectivity index is 1.52. The Hall–Kier alpha value is -1.02. The standard InChI is InChI=1S/C18H26N2/c1-2-6-14(5-1)17-9-4-12-20(17)13-16-8-3-7-15-10-11-19-18(15)16/h3,7-8,14,17,19H,1-2,4-6,9-13H2. The van der Waals surface area contributed by atoms with E-state index >= 15 is 0 Å². The summed E-state index contributed by atoms with van der Waals surface area (Å²) in [6, 6.07) is 7.75. The molecule has 1 saturated carbocycles. The number of hydrogen-bond acceptors (Lipinski definition) is 2. The minimum absolute atomic E-state index is 0.870. The first-order valence-corrected chi connectivity index (χ1v) is 8.50. The van der Waals surface area contributed by atoms with Gasteiger partial charge in [-0.25, -0.2) is 0 Å². The Morgan fingerprint density at radius 3 is 2.90 bits per heavy atom.